The maximum absolute atomic E-state index is 12.1. The first-order chi connectivity index (χ1) is 8.95. The van der Waals surface area contributed by atoms with E-state index in [9.17, 15) is 13.5 Å². The van der Waals surface area contributed by atoms with E-state index in [2.05, 4.69) is 0 Å². The lowest BCUT2D eigenvalue weighted by Gasteiger charge is -2.34. The van der Waals surface area contributed by atoms with Gasteiger partial charge in [-0.15, -0.1) is 11.3 Å². The van der Waals surface area contributed by atoms with Gasteiger partial charge in [0.2, 0.25) is 0 Å². The SMILES string of the molecule is Cc1ccsc1C1(O)CCS(=O)(=O)c2ccccc21. The van der Waals surface area contributed by atoms with E-state index in [1.54, 1.807) is 24.3 Å². The van der Waals surface area contributed by atoms with Crippen molar-refractivity contribution in [3.8, 4) is 0 Å². The van der Waals surface area contributed by atoms with Crippen molar-refractivity contribution in [2.24, 2.45) is 0 Å². The Balaban J connectivity index is 2.29. The Morgan fingerprint density at radius 1 is 1.26 bits per heavy atom. The molecular weight excluding hydrogens is 280 g/mol. The summed E-state index contributed by atoms with van der Waals surface area (Å²) in [5.41, 5.74) is 0.327. The smallest absolute Gasteiger partial charge is 0.178 e. The molecule has 19 heavy (non-hydrogen) atoms. The van der Waals surface area contributed by atoms with E-state index >= 15 is 0 Å². The summed E-state index contributed by atoms with van der Waals surface area (Å²) in [6, 6.07) is 8.71. The molecule has 2 aromatic rings. The minimum absolute atomic E-state index is 0.0160. The molecule has 0 spiro atoms. The molecule has 1 N–H and O–H groups in total. The minimum atomic E-state index is -3.27. The van der Waals surface area contributed by atoms with Crippen molar-refractivity contribution < 1.29 is 13.5 Å². The van der Waals surface area contributed by atoms with Crippen LogP contribution in [0, 0.1) is 6.92 Å². The number of hydrogen-bond acceptors (Lipinski definition) is 4. The molecule has 3 rings (SSSR count). The van der Waals surface area contributed by atoms with Crippen LogP contribution in [0.1, 0.15) is 22.4 Å². The summed E-state index contributed by atoms with van der Waals surface area (Å²) in [6.45, 7) is 1.94. The van der Waals surface area contributed by atoms with Crippen molar-refractivity contribution in [2.45, 2.75) is 23.8 Å². The van der Waals surface area contributed by atoms with E-state index < -0.39 is 15.4 Å². The zero-order valence-electron chi connectivity index (χ0n) is 10.5. The topological polar surface area (TPSA) is 54.4 Å². The first-order valence-corrected chi connectivity index (χ1v) is 8.57. The van der Waals surface area contributed by atoms with Crippen LogP contribution in [-0.4, -0.2) is 19.3 Å². The van der Waals surface area contributed by atoms with Gasteiger partial charge < -0.3 is 5.11 Å². The number of aryl methyl sites for hydroxylation is 1. The van der Waals surface area contributed by atoms with Crippen LogP contribution in [0.2, 0.25) is 0 Å². The zero-order chi connectivity index (χ0) is 13.7. The summed E-state index contributed by atoms with van der Waals surface area (Å²) >= 11 is 1.47. The second-order valence-electron chi connectivity index (χ2n) is 4.86. The predicted molar refractivity (Wildman–Crippen MR) is 75.2 cm³/mol. The van der Waals surface area contributed by atoms with Crippen molar-refractivity contribution >= 4 is 21.2 Å². The Labute approximate surface area is 116 Å². The van der Waals surface area contributed by atoms with E-state index in [0.717, 1.165) is 10.4 Å². The summed E-state index contributed by atoms with van der Waals surface area (Å²) in [5.74, 6) is -0.0160. The number of sulfone groups is 1. The molecule has 0 saturated heterocycles. The van der Waals surface area contributed by atoms with Gasteiger partial charge in [0.15, 0.2) is 9.84 Å². The molecule has 1 aromatic carbocycles. The monoisotopic (exact) mass is 294 g/mol. The molecule has 0 aliphatic carbocycles. The Hall–Kier alpha value is -1.17. The molecule has 1 unspecified atom stereocenters. The van der Waals surface area contributed by atoms with Crippen LogP contribution in [-0.2, 0) is 15.4 Å². The Kier molecular flexibility index (Phi) is 2.81. The highest BCUT2D eigenvalue weighted by molar-refractivity contribution is 7.91. The highest BCUT2D eigenvalue weighted by Gasteiger charge is 2.43. The molecular formula is C14H14O3S2. The quantitative estimate of drug-likeness (QED) is 0.879. The van der Waals surface area contributed by atoms with Crippen LogP contribution >= 0.6 is 11.3 Å². The van der Waals surface area contributed by atoms with Gasteiger partial charge in [0, 0.05) is 10.4 Å². The van der Waals surface area contributed by atoms with Crippen molar-refractivity contribution in [2.75, 3.05) is 5.75 Å². The molecule has 0 radical (unpaired) electrons. The molecule has 5 heteroatoms. The summed E-state index contributed by atoms with van der Waals surface area (Å²) < 4.78 is 24.2. The van der Waals surface area contributed by atoms with Gasteiger partial charge in [-0.25, -0.2) is 8.42 Å². The fraction of sp³-hybridized carbons (Fsp3) is 0.286. The molecule has 1 atom stereocenters. The average Bonchev–Trinajstić information content (AvgIpc) is 2.82. The Morgan fingerprint density at radius 2 is 2.00 bits per heavy atom. The predicted octanol–water partition coefficient (Wildman–Crippen LogP) is 2.47. The van der Waals surface area contributed by atoms with Crippen LogP contribution in [0.4, 0.5) is 0 Å². The van der Waals surface area contributed by atoms with Crippen molar-refractivity contribution in [1.29, 1.82) is 0 Å². The Morgan fingerprint density at radius 3 is 2.68 bits per heavy atom. The van der Waals surface area contributed by atoms with Crippen molar-refractivity contribution in [3.05, 3.63) is 51.7 Å². The van der Waals surface area contributed by atoms with Crippen LogP contribution < -0.4 is 0 Å². The van der Waals surface area contributed by atoms with Gasteiger partial charge in [-0.3, -0.25) is 0 Å². The molecule has 3 nitrogen and oxygen atoms in total. The highest BCUT2D eigenvalue weighted by atomic mass is 32.2. The van der Waals surface area contributed by atoms with Gasteiger partial charge >= 0.3 is 0 Å². The number of fused-ring (bicyclic) bond motifs is 1. The lowest BCUT2D eigenvalue weighted by Crippen LogP contribution is -2.36. The van der Waals surface area contributed by atoms with Crippen LogP contribution in [0.5, 0.6) is 0 Å². The number of aliphatic hydroxyl groups is 1. The largest absolute Gasteiger partial charge is 0.379 e. The standard InChI is InChI=1S/C14H14O3S2/c1-10-6-8-18-13(10)14(15)7-9-19(16,17)12-5-3-2-4-11(12)14/h2-6,8,15H,7,9H2,1H3. The lowest BCUT2D eigenvalue weighted by molar-refractivity contribution is 0.0750. The van der Waals surface area contributed by atoms with E-state index in [0.29, 0.717) is 5.56 Å². The highest BCUT2D eigenvalue weighted by Crippen LogP contribution is 2.44. The average molecular weight is 294 g/mol. The summed E-state index contributed by atoms with van der Waals surface area (Å²) in [5, 5.41) is 13.0. The molecule has 1 aromatic heterocycles. The van der Waals surface area contributed by atoms with E-state index in [-0.39, 0.29) is 17.1 Å². The lowest BCUT2D eigenvalue weighted by atomic mass is 9.87. The third-order valence-electron chi connectivity index (χ3n) is 3.64. The van der Waals surface area contributed by atoms with Gasteiger partial charge in [-0.05, 0) is 36.4 Å². The minimum Gasteiger partial charge on any atom is -0.379 e. The van der Waals surface area contributed by atoms with Gasteiger partial charge in [0.1, 0.15) is 5.60 Å². The number of thiophene rings is 1. The first kappa shape index (κ1) is 12.8. The van der Waals surface area contributed by atoms with Crippen LogP contribution in [0.15, 0.2) is 40.6 Å². The van der Waals surface area contributed by atoms with Gasteiger partial charge in [-0.2, -0.15) is 0 Å². The molecule has 0 saturated carbocycles. The number of rotatable bonds is 1. The molecule has 0 fully saturated rings. The van der Waals surface area contributed by atoms with Gasteiger partial charge in [0.25, 0.3) is 0 Å². The zero-order valence-corrected chi connectivity index (χ0v) is 12.1. The molecule has 0 bridgehead atoms. The molecule has 1 aliphatic rings. The molecule has 1 aliphatic heterocycles. The molecule has 0 amide bonds. The molecule has 2 heterocycles. The third kappa shape index (κ3) is 1.84. The van der Waals surface area contributed by atoms with Gasteiger partial charge in [-0.1, -0.05) is 18.2 Å². The van der Waals surface area contributed by atoms with E-state index in [1.807, 2.05) is 18.4 Å². The number of hydrogen-bond donors (Lipinski definition) is 1. The fourth-order valence-corrected chi connectivity index (χ4v) is 5.35. The van der Waals surface area contributed by atoms with E-state index in [4.69, 9.17) is 0 Å². The summed E-state index contributed by atoms with van der Waals surface area (Å²) in [6.07, 6.45) is 0.216. The first-order valence-electron chi connectivity index (χ1n) is 6.04. The fourth-order valence-electron chi connectivity index (χ4n) is 2.64. The maximum Gasteiger partial charge on any atom is 0.178 e. The summed E-state index contributed by atoms with van der Waals surface area (Å²) in [4.78, 5) is 1.10. The Bertz CT molecular complexity index is 731. The summed E-state index contributed by atoms with van der Waals surface area (Å²) in [7, 11) is -3.27. The third-order valence-corrected chi connectivity index (χ3v) is 6.57. The van der Waals surface area contributed by atoms with E-state index in [1.165, 1.54) is 11.3 Å². The second-order valence-corrected chi connectivity index (χ2v) is 7.85. The number of benzene rings is 1. The van der Waals surface area contributed by atoms with Crippen molar-refractivity contribution in [1.82, 2.24) is 0 Å². The molecule has 100 valence electrons. The van der Waals surface area contributed by atoms with Crippen molar-refractivity contribution in [3.63, 3.8) is 0 Å². The second kappa shape index (κ2) is 4.16. The van der Waals surface area contributed by atoms with Gasteiger partial charge in [0.05, 0.1) is 10.6 Å². The normalized spacial score (nSPS) is 24.9. The van der Waals surface area contributed by atoms with Crippen LogP contribution in [0.25, 0.3) is 0 Å². The van der Waals surface area contributed by atoms with Crippen LogP contribution in [0.3, 0.4) is 0 Å². The maximum atomic E-state index is 12.1.